The molecule has 4 heterocycles. The summed E-state index contributed by atoms with van der Waals surface area (Å²) in [6.45, 7) is 3.95. The standard InChI is InChI=1S/C29H26F2N8O2S/c1-15(2)35-20-11-18(13-32-14-20)21-4-5-23-24(25(21)31)27(39-38-23)29-36-26-22(6-7-33-28(26)37-29)17-8-16(9-19(30)10-17)12-34-42(3,40)41/h4-11,13-15,34-35H,12H2,1-3H3,(H,38,39)(H,33,36,37). The zero-order chi connectivity index (χ0) is 29.6. The summed E-state index contributed by atoms with van der Waals surface area (Å²) in [5.41, 5.74) is 4.81. The third-order valence-corrected chi connectivity index (χ3v) is 7.26. The van der Waals surface area contributed by atoms with E-state index in [0.717, 1.165) is 11.9 Å². The molecule has 214 valence electrons. The molecule has 0 amide bonds. The Kier molecular flexibility index (Phi) is 6.91. The summed E-state index contributed by atoms with van der Waals surface area (Å²) in [6.07, 6.45) is 5.86. The van der Waals surface area contributed by atoms with E-state index in [1.54, 1.807) is 36.7 Å². The summed E-state index contributed by atoms with van der Waals surface area (Å²) in [6, 6.07) is 11.4. The maximum atomic E-state index is 16.1. The largest absolute Gasteiger partial charge is 0.382 e. The Bertz CT molecular complexity index is 2070. The second kappa shape index (κ2) is 10.6. The molecular weight excluding hydrogens is 562 g/mol. The number of halogens is 2. The summed E-state index contributed by atoms with van der Waals surface area (Å²) in [5, 5.41) is 10.7. The van der Waals surface area contributed by atoms with E-state index in [1.807, 2.05) is 19.9 Å². The Morgan fingerprint density at radius 2 is 1.83 bits per heavy atom. The number of hydrogen-bond donors (Lipinski definition) is 4. The lowest BCUT2D eigenvalue weighted by atomic mass is 10.0. The lowest BCUT2D eigenvalue weighted by Crippen LogP contribution is -2.21. The first-order chi connectivity index (χ1) is 20.1. The number of sulfonamides is 1. The van der Waals surface area contributed by atoms with Crippen molar-refractivity contribution in [1.29, 1.82) is 0 Å². The van der Waals surface area contributed by atoms with Gasteiger partial charge in [-0.15, -0.1) is 0 Å². The zero-order valence-corrected chi connectivity index (χ0v) is 23.6. The van der Waals surface area contributed by atoms with Crippen LogP contribution >= 0.6 is 0 Å². The Labute approximate surface area is 239 Å². The van der Waals surface area contributed by atoms with Crippen LogP contribution in [0.4, 0.5) is 14.5 Å². The van der Waals surface area contributed by atoms with Crippen molar-refractivity contribution in [3.8, 4) is 33.8 Å². The maximum absolute atomic E-state index is 16.1. The van der Waals surface area contributed by atoms with Crippen LogP contribution in [-0.4, -0.2) is 50.8 Å². The topological polar surface area (TPSA) is 141 Å². The number of anilines is 1. The van der Waals surface area contributed by atoms with Crippen LogP contribution in [0.2, 0.25) is 0 Å². The van der Waals surface area contributed by atoms with Crippen molar-refractivity contribution >= 4 is 37.8 Å². The highest BCUT2D eigenvalue weighted by atomic mass is 32.2. The quantitative estimate of drug-likeness (QED) is 0.187. The molecule has 0 saturated carbocycles. The van der Waals surface area contributed by atoms with E-state index in [4.69, 9.17) is 0 Å². The third kappa shape index (κ3) is 5.43. The summed E-state index contributed by atoms with van der Waals surface area (Å²) >= 11 is 0. The Balaban J connectivity index is 1.43. The minimum absolute atomic E-state index is 0.0706. The Hall–Kier alpha value is -4.75. The van der Waals surface area contributed by atoms with Crippen LogP contribution in [0.3, 0.4) is 0 Å². The molecule has 0 bridgehead atoms. The van der Waals surface area contributed by atoms with Crippen LogP contribution in [0.5, 0.6) is 0 Å². The molecule has 0 radical (unpaired) electrons. The number of fused-ring (bicyclic) bond motifs is 2. The molecular formula is C29H26F2N8O2S. The fourth-order valence-electron chi connectivity index (χ4n) is 4.85. The van der Waals surface area contributed by atoms with Crippen molar-refractivity contribution in [2.75, 3.05) is 11.6 Å². The lowest BCUT2D eigenvalue weighted by Gasteiger charge is -2.11. The average Bonchev–Trinajstić information content (AvgIpc) is 3.56. The van der Waals surface area contributed by atoms with Gasteiger partial charge in [0, 0.05) is 47.9 Å². The molecule has 10 nitrogen and oxygen atoms in total. The monoisotopic (exact) mass is 588 g/mol. The first kappa shape index (κ1) is 27.4. The van der Waals surface area contributed by atoms with E-state index >= 15 is 4.39 Å². The van der Waals surface area contributed by atoms with Crippen LogP contribution in [0, 0.1) is 11.6 Å². The molecule has 4 aromatic heterocycles. The molecule has 0 unspecified atom stereocenters. The van der Waals surface area contributed by atoms with Crippen molar-refractivity contribution in [1.82, 2.24) is 34.9 Å². The Morgan fingerprint density at radius 1 is 1.00 bits per heavy atom. The van der Waals surface area contributed by atoms with Gasteiger partial charge in [0.1, 0.15) is 17.3 Å². The predicted octanol–water partition coefficient (Wildman–Crippen LogP) is 5.38. The van der Waals surface area contributed by atoms with Gasteiger partial charge >= 0.3 is 0 Å². The molecule has 0 aliphatic heterocycles. The van der Waals surface area contributed by atoms with E-state index in [2.05, 4.69) is 40.2 Å². The van der Waals surface area contributed by atoms with E-state index < -0.39 is 21.7 Å². The van der Waals surface area contributed by atoms with E-state index in [-0.39, 0.29) is 29.5 Å². The second-order valence-corrected chi connectivity index (χ2v) is 12.1. The van der Waals surface area contributed by atoms with Gasteiger partial charge in [0.15, 0.2) is 11.5 Å². The van der Waals surface area contributed by atoms with Crippen LogP contribution in [0.15, 0.2) is 61.1 Å². The van der Waals surface area contributed by atoms with Gasteiger partial charge < -0.3 is 10.3 Å². The zero-order valence-electron chi connectivity index (χ0n) is 22.8. The van der Waals surface area contributed by atoms with Gasteiger partial charge in [-0.3, -0.25) is 10.1 Å². The molecule has 6 aromatic rings. The molecule has 0 saturated heterocycles. The van der Waals surface area contributed by atoms with Crippen molar-refractivity contribution < 1.29 is 17.2 Å². The summed E-state index contributed by atoms with van der Waals surface area (Å²) in [5.74, 6) is -0.741. The molecule has 0 spiro atoms. The first-order valence-electron chi connectivity index (χ1n) is 13.0. The number of rotatable bonds is 8. The predicted molar refractivity (Wildman–Crippen MR) is 158 cm³/mol. The molecule has 42 heavy (non-hydrogen) atoms. The summed E-state index contributed by atoms with van der Waals surface area (Å²) in [7, 11) is -3.46. The molecule has 2 aromatic carbocycles. The number of imidazole rings is 1. The highest BCUT2D eigenvalue weighted by Gasteiger charge is 2.21. The van der Waals surface area contributed by atoms with Gasteiger partial charge in [0.25, 0.3) is 0 Å². The van der Waals surface area contributed by atoms with Gasteiger partial charge in [-0.1, -0.05) is 0 Å². The van der Waals surface area contributed by atoms with Crippen molar-refractivity contribution in [3.05, 3.63) is 78.3 Å². The van der Waals surface area contributed by atoms with Crippen molar-refractivity contribution in [2.45, 2.75) is 26.4 Å². The van der Waals surface area contributed by atoms with Gasteiger partial charge in [-0.05, 0) is 67.4 Å². The van der Waals surface area contributed by atoms with E-state index in [9.17, 15) is 12.8 Å². The summed E-state index contributed by atoms with van der Waals surface area (Å²) in [4.78, 5) is 16.4. The molecule has 0 fully saturated rings. The number of aromatic amines is 2. The number of nitrogens with zero attached hydrogens (tertiary/aromatic N) is 4. The summed E-state index contributed by atoms with van der Waals surface area (Å²) < 4.78 is 56.1. The van der Waals surface area contributed by atoms with Crippen molar-refractivity contribution in [3.63, 3.8) is 0 Å². The van der Waals surface area contributed by atoms with Crippen LogP contribution in [0.1, 0.15) is 19.4 Å². The van der Waals surface area contributed by atoms with Crippen LogP contribution in [0.25, 0.3) is 55.8 Å². The van der Waals surface area contributed by atoms with Gasteiger partial charge in [-0.2, -0.15) is 5.10 Å². The SMILES string of the molecule is CC(C)Nc1cncc(-c2ccc3[nH]nc(-c4nc5nccc(-c6cc(F)cc(CNS(C)(=O)=O)c6)c5[nH]4)c3c2F)c1. The van der Waals surface area contributed by atoms with Gasteiger partial charge in [0.2, 0.25) is 10.0 Å². The number of pyridine rings is 2. The third-order valence-electron chi connectivity index (χ3n) is 6.59. The number of aromatic nitrogens is 6. The normalized spacial score (nSPS) is 12.0. The molecule has 0 aliphatic carbocycles. The number of benzene rings is 2. The first-order valence-corrected chi connectivity index (χ1v) is 14.9. The maximum Gasteiger partial charge on any atom is 0.209 e. The van der Waals surface area contributed by atoms with E-state index in [0.29, 0.717) is 44.5 Å². The molecule has 6 rings (SSSR count). The van der Waals surface area contributed by atoms with Gasteiger partial charge in [-0.25, -0.2) is 31.9 Å². The second-order valence-electron chi connectivity index (χ2n) is 10.3. The fourth-order valence-corrected chi connectivity index (χ4v) is 5.28. The number of hydrogen-bond acceptors (Lipinski definition) is 7. The minimum Gasteiger partial charge on any atom is -0.382 e. The highest BCUT2D eigenvalue weighted by molar-refractivity contribution is 7.88. The number of H-pyrrole nitrogens is 2. The number of nitrogens with one attached hydrogen (secondary N) is 4. The Morgan fingerprint density at radius 3 is 2.62 bits per heavy atom. The van der Waals surface area contributed by atoms with E-state index in [1.165, 1.54) is 18.3 Å². The lowest BCUT2D eigenvalue weighted by molar-refractivity contribution is 0.586. The smallest absolute Gasteiger partial charge is 0.209 e. The minimum atomic E-state index is -3.46. The average molecular weight is 589 g/mol. The van der Waals surface area contributed by atoms with Crippen LogP contribution < -0.4 is 10.0 Å². The fraction of sp³-hybridized carbons (Fsp3) is 0.172. The molecule has 13 heteroatoms. The van der Waals surface area contributed by atoms with Gasteiger partial charge in [0.05, 0.1) is 28.4 Å². The molecule has 0 atom stereocenters. The molecule has 0 aliphatic rings. The van der Waals surface area contributed by atoms with Crippen molar-refractivity contribution in [2.24, 2.45) is 0 Å². The molecule has 4 N–H and O–H groups in total. The highest BCUT2D eigenvalue weighted by Crippen LogP contribution is 2.35. The van der Waals surface area contributed by atoms with Crippen LogP contribution in [-0.2, 0) is 16.6 Å².